The maximum absolute atomic E-state index is 12.6. The zero-order valence-electron chi connectivity index (χ0n) is 12.2. The van der Waals surface area contributed by atoms with Crippen LogP contribution in [-0.4, -0.2) is 11.7 Å². The van der Waals surface area contributed by atoms with Crippen LogP contribution in [-0.2, 0) is 6.54 Å². The van der Waals surface area contributed by atoms with E-state index in [1.54, 1.807) is 30.0 Å². The minimum absolute atomic E-state index is 0.0352. The average molecular weight is 295 g/mol. The second-order valence-electron chi connectivity index (χ2n) is 5.01. The molecule has 3 rings (SSSR count). The highest BCUT2D eigenvalue weighted by molar-refractivity contribution is 5.84. The Morgan fingerprint density at radius 3 is 2.77 bits per heavy atom. The minimum atomic E-state index is -0.0352. The van der Waals surface area contributed by atoms with Crippen LogP contribution >= 0.6 is 0 Å². The molecule has 0 fully saturated rings. The van der Waals surface area contributed by atoms with Crippen molar-refractivity contribution in [3.63, 3.8) is 0 Å². The van der Waals surface area contributed by atoms with E-state index in [2.05, 4.69) is 5.43 Å². The molecule has 5 nitrogen and oxygen atoms in total. The van der Waals surface area contributed by atoms with Crippen LogP contribution in [0, 0.1) is 0 Å². The van der Waals surface area contributed by atoms with E-state index in [0.717, 1.165) is 22.4 Å². The third-order valence-corrected chi connectivity index (χ3v) is 3.68. The first-order valence-electron chi connectivity index (χ1n) is 6.94. The highest BCUT2D eigenvalue weighted by Gasteiger charge is 2.07. The van der Waals surface area contributed by atoms with Crippen LogP contribution in [0.25, 0.3) is 10.8 Å². The lowest BCUT2D eigenvalue weighted by Crippen LogP contribution is -2.20. The van der Waals surface area contributed by atoms with Crippen LogP contribution in [0.2, 0.25) is 0 Å². The monoisotopic (exact) mass is 295 g/mol. The molecule has 0 saturated heterocycles. The molecule has 0 amide bonds. The first-order valence-corrected chi connectivity index (χ1v) is 6.94. The van der Waals surface area contributed by atoms with Gasteiger partial charge in [0.2, 0.25) is 0 Å². The molecular weight excluding hydrogens is 278 g/mol. The van der Waals surface area contributed by atoms with E-state index in [-0.39, 0.29) is 5.56 Å². The van der Waals surface area contributed by atoms with E-state index in [4.69, 9.17) is 10.6 Å². The van der Waals surface area contributed by atoms with Crippen LogP contribution in [0.4, 0.5) is 5.69 Å². The van der Waals surface area contributed by atoms with Gasteiger partial charge in [-0.05, 0) is 35.7 Å². The third-order valence-electron chi connectivity index (χ3n) is 3.68. The Kier molecular flexibility index (Phi) is 3.80. The molecule has 0 aliphatic heterocycles. The molecule has 0 atom stereocenters. The molecule has 0 spiro atoms. The predicted molar refractivity (Wildman–Crippen MR) is 88.1 cm³/mol. The Morgan fingerprint density at radius 2 is 2.00 bits per heavy atom. The molecular formula is C17H17N3O2. The number of hydrogen-bond acceptors (Lipinski definition) is 4. The molecule has 0 bridgehead atoms. The number of para-hydroxylation sites is 1. The van der Waals surface area contributed by atoms with Gasteiger partial charge in [0, 0.05) is 22.8 Å². The number of nitrogens with one attached hydrogen (secondary N) is 1. The maximum Gasteiger partial charge on any atom is 0.258 e. The van der Waals surface area contributed by atoms with Crippen molar-refractivity contribution in [2.45, 2.75) is 6.54 Å². The number of methoxy groups -OCH3 is 1. The molecule has 1 heterocycles. The lowest BCUT2D eigenvalue weighted by Gasteiger charge is -2.11. The highest BCUT2D eigenvalue weighted by atomic mass is 16.5. The minimum Gasteiger partial charge on any atom is -0.496 e. The van der Waals surface area contributed by atoms with Gasteiger partial charge in [-0.1, -0.05) is 18.2 Å². The largest absolute Gasteiger partial charge is 0.496 e. The number of fused-ring (bicyclic) bond motifs is 1. The number of hydrogen-bond donors (Lipinski definition) is 2. The van der Waals surface area contributed by atoms with Gasteiger partial charge in [0.25, 0.3) is 5.56 Å². The molecule has 0 saturated carbocycles. The van der Waals surface area contributed by atoms with Gasteiger partial charge in [-0.2, -0.15) is 0 Å². The van der Waals surface area contributed by atoms with Crippen LogP contribution in [0.5, 0.6) is 5.75 Å². The van der Waals surface area contributed by atoms with Gasteiger partial charge in [-0.3, -0.25) is 10.6 Å². The van der Waals surface area contributed by atoms with Crippen molar-refractivity contribution in [2.24, 2.45) is 5.84 Å². The smallest absolute Gasteiger partial charge is 0.258 e. The molecule has 3 aromatic rings. The Morgan fingerprint density at radius 1 is 1.18 bits per heavy atom. The summed E-state index contributed by atoms with van der Waals surface area (Å²) in [6, 6.07) is 15.0. The van der Waals surface area contributed by atoms with Crippen molar-refractivity contribution in [3.05, 3.63) is 70.6 Å². The van der Waals surface area contributed by atoms with Gasteiger partial charge in [-0.25, -0.2) is 0 Å². The van der Waals surface area contributed by atoms with Crippen molar-refractivity contribution in [1.82, 2.24) is 4.57 Å². The Bertz CT molecular complexity index is 871. The fourth-order valence-corrected chi connectivity index (χ4v) is 2.52. The lowest BCUT2D eigenvalue weighted by molar-refractivity contribution is 0.408. The number of nitrogens with two attached hydrogens (primary N) is 1. The number of anilines is 1. The number of hydrazine groups is 1. The van der Waals surface area contributed by atoms with Crippen LogP contribution in [0.1, 0.15) is 5.56 Å². The van der Waals surface area contributed by atoms with Crippen LogP contribution in [0.15, 0.2) is 59.5 Å². The Balaban J connectivity index is 2.05. The number of aromatic nitrogens is 1. The van der Waals surface area contributed by atoms with Crippen molar-refractivity contribution in [3.8, 4) is 5.75 Å². The maximum atomic E-state index is 12.6. The van der Waals surface area contributed by atoms with E-state index in [1.165, 1.54) is 0 Å². The lowest BCUT2D eigenvalue weighted by atomic mass is 10.1. The molecule has 0 radical (unpaired) electrons. The van der Waals surface area contributed by atoms with Crippen molar-refractivity contribution in [2.75, 3.05) is 12.5 Å². The van der Waals surface area contributed by atoms with E-state index in [1.807, 2.05) is 36.4 Å². The second-order valence-corrected chi connectivity index (χ2v) is 5.01. The fraction of sp³-hybridized carbons (Fsp3) is 0.118. The summed E-state index contributed by atoms with van der Waals surface area (Å²) < 4.78 is 7.01. The number of pyridine rings is 1. The van der Waals surface area contributed by atoms with Crippen LogP contribution in [0.3, 0.4) is 0 Å². The third kappa shape index (κ3) is 2.54. The summed E-state index contributed by atoms with van der Waals surface area (Å²) in [6.07, 6.45) is 1.79. The van der Waals surface area contributed by atoms with Gasteiger partial charge >= 0.3 is 0 Å². The van der Waals surface area contributed by atoms with E-state index in [0.29, 0.717) is 11.9 Å². The molecule has 22 heavy (non-hydrogen) atoms. The SMILES string of the molecule is COc1ccccc1Cn1ccc2cc(NN)ccc2c1=O. The molecule has 2 aromatic carbocycles. The summed E-state index contributed by atoms with van der Waals surface area (Å²) in [7, 11) is 1.63. The Hall–Kier alpha value is -2.79. The summed E-state index contributed by atoms with van der Waals surface area (Å²) in [6.45, 7) is 0.468. The number of nitrogen functional groups attached to an aromatic ring is 1. The van der Waals surface area contributed by atoms with Crippen molar-refractivity contribution < 1.29 is 4.74 Å². The summed E-state index contributed by atoms with van der Waals surface area (Å²) in [5.41, 5.74) is 4.28. The number of rotatable bonds is 4. The van der Waals surface area contributed by atoms with Gasteiger partial charge in [0.05, 0.1) is 13.7 Å². The van der Waals surface area contributed by atoms with Crippen molar-refractivity contribution in [1.29, 1.82) is 0 Å². The Labute approximate surface area is 127 Å². The zero-order valence-corrected chi connectivity index (χ0v) is 12.2. The standard InChI is InChI=1S/C17H17N3O2/c1-22-16-5-3-2-4-13(16)11-20-9-8-12-10-14(19-18)6-7-15(12)17(20)21/h2-10,19H,11,18H2,1H3. The molecule has 0 unspecified atom stereocenters. The predicted octanol–water partition coefficient (Wildman–Crippen LogP) is 2.34. The van der Waals surface area contributed by atoms with E-state index >= 15 is 0 Å². The van der Waals surface area contributed by atoms with Crippen molar-refractivity contribution >= 4 is 16.5 Å². The normalized spacial score (nSPS) is 10.6. The first-order chi connectivity index (χ1) is 10.7. The average Bonchev–Trinajstić information content (AvgIpc) is 2.57. The topological polar surface area (TPSA) is 69.3 Å². The molecule has 1 aromatic heterocycles. The quantitative estimate of drug-likeness (QED) is 0.572. The summed E-state index contributed by atoms with van der Waals surface area (Å²) in [4.78, 5) is 12.6. The summed E-state index contributed by atoms with van der Waals surface area (Å²) >= 11 is 0. The molecule has 3 N–H and O–H groups in total. The van der Waals surface area contributed by atoms with Gasteiger partial charge in [0.1, 0.15) is 5.75 Å². The highest BCUT2D eigenvalue weighted by Crippen LogP contribution is 2.19. The molecule has 0 aliphatic rings. The molecule has 5 heteroatoms. The van der Waals surface area contributed by atoms with Gasteiger partial charge in [-0.15, -0.1) is 0 Å². The van der Waals surface area contributed by atoms with Crippen LogP contribution < -0.4 is 21.6 Å². The van der Waals surface area contributed by atoms with Gasteiger partial charge < -0.3 is 14.7 Å². The number of nitrogens with zero attached hydrogens (tertiary/aromatic N) is 1. The second kappa shape index (κ2) is 5.91. The number of benzene rings is 2. The first kappa shape index (κ1) is 14.2. The van der Waals surface area contributed by atoms with Gasteiger partial charge in [0.15, 0.2) is 0 Å². The summed E-state index contributed by atoms with van der Waals surface area (Å²) in [5.74, 6) is 6.17. The fourth-order valence-electron chi connectivity index (χ4n) is 2.52. The van der Waals surface area contributed by atoms with E-state index in [9.17, 15) is 4.79 Å². The summed E-state index contributed by atoms with van der Waals surface area (Å²) in [5, 5.41) is 1.52. The molecule has 0 aliphatic carbocycles. The zero-order chi connectivity index (χ0) is 15.5. The molecule has 112 valence electrons. The van der Waals surface area contributed by atoms with E-state index < -0.39 is 0 Å². The number of ether oxygens (including phenoxy) is 1.